The molecular formula is C3H9N3O4S. The number of primary amides is 1. The molecule has 0 aliphatic carbocycles. The number of carbonyl (C=O) groups is 1. The molecule has 0 aromatic carbocycles. The van der Waals surface area contributed by atoms with Crippen molar-refractivity contribution in [1.29, 1.82) is 0 Å². The van der Waals surface area contributed by atoms with Gasteiger partial charge in [0.2, 0.25) is 5.91 Å². The zero-order valence-electron chi connectivity index (χ0n) is 5.52. The summed E-state index contributed by atoms with van der Waals surface area (Å²) in [5.74, 6) is 2.99. The van der Waals surface area contributed by atoms with Gasteiger partial charge in [0.15, 0.2) is 0 Å². The Bertz CT molecular complexity index is 235. The Labute approximate surface area is 63.5 Å². The molecular weight excluding hydrogens is 174 g/mol. The average Bonchev–Trinajstić information content (AvgIpc) is 1.80. The average molecular weight is 183 g/mol. The molecule has 0 rings (SSSR count). The van der Waals surface area contributed by atoms with Crippen LogP contribution in [0.5, 0.6) is 0 Å². The first kappa shape index (κ1) is 10.3. The summed E-state index contributed by atoms with van der Waals surface area (Å²) in [5, 5.41) is 0. The number of carbonyl (C=O) groups excluding carboxylic acids is 1. The molecule has 0 aliphatic heterocycles. The van der Waals surface area contributed by atoms with Crippen LogP contribution in [-0.4, -0.2) is 30.7 Å². The topological polar surface area (TPSA) is 136 Å². The van der Waals surface area contributed by atoms with E-state index >= 15 is 0 Å². The van der Waals surface area contributed by atoms with Gasteiger partial charge in [-0.3, -0.25) is 15.2 Å². The van der Waals surface area contributed by atoms with Gasteiger partial charge in [-0.25, -0.2) is 5.43 Å². The standard InChI is InChI=1S/C3H9N3O4S/c4-3(7)2(6-5)1-11(8,9)10/h2,6H,1,5H2,(H2,4,7)(H,8,9,10). The second kappa shape index (κ2) is 3.62. The van der Waals surface area contributed by atoms with Crippen LogP contribution < -0.4 is 17.0 Å². The Morgan fingerprint density at radius 1 is 1.64 bits per heavy atom. The number of rotatable bonds is 4. The molecule has 0 radical (unpaired) electrons. The molecule has 8 heteroatoms. The van der Waals surface area contributed by atoms with E-state index in [0.29, 0.717) is 0 Å². The molecule has 11 heavy (non-hydrogen) atoms. The minimum atomic E-state index is -4.22. The van der Waals surface area contributed by atoms with Crippen molar-refractivity contribution in [3.05, 3.63) is 0 Å². The summed E-state index contributed by atoms with van der Waals surface area (Å²) in [4.78, 5) is 10.3. The lowest BCUT2D eigenvalue weighted by Gasteiger charge is -2.08. The van der Waals surface area contributed by atoms with Crippen molar-refractivity contribution >= 4 is 16.0 Å². The van der Waals surface area contributed by atoms with Crippen molar-refractivity contribution < 1.29 is 17.8 Å². The Balaban J connectivity index is 4.22. The quantitative estimate of drug-likeness (QED) is 0.211. The predicted molar refractivity (Wildman–Crippen MR) is 36.7 cm³/mol. The van der Waals surface area contributed by atoms with Crippen molar-refractivity contribution in [2.75, 3.05) is 5.75 Å². The Morgan fingerprint density at radius 3 is 2.18 bits per heavy atom. The highest BCUT2D eigenvalue weighted by molar-refractivity contribution is 7.85. The largest absolute Gasteiger partial charge is 0.368 e. The monoisotopic (exact) mass is 183 g/mol. The summed E-state index contributed by atoms with van der Waals surface area (Å²) in [5.41, 5.74) is 6.54. The van der Waals surface area contributed by atoms with Crippen LogP contribution in [0.4, 0.5) is 0 Å². The second-order valence-electron chi connectivity index (χ2n) is 1.87. The molecule has 7 nitrogen and oxygen atoms in total. The molecule has 0 saturated heterocycles. The van der Waals surface area contributed by atoms with Gasteiger partial charge in [0.25, 0.3) is 10.1 Å². The minimum absolute atomic E-state index is 0.821. The van der Waals surface area contributed by atoms with Gasteiger partial charge in [-0.1, -0.05) is 0 Å². The van der Waals surface area contributed by atoms with Crippen LogP contribution in [0, 0.1) is 0 Å². The number of hydrogen-bond acceptors (Lipinski definition) is 5. The van der Waals surface area contributed by atoms with Crippen LogP contribution in [0.25, 0.3) is 0 Å². The summed E-state index contributed by atoms with van der Waals surface area (Å²) in [6, 6.07) is -1.26. The summed E-state index contributed by atoms with van der Waals surface area (Å²) in [7, 11) is -4.22. The van der Waals surface area contributed by atoms with Crippen molar-refractivity contribution in [2.24, 2.45) is 11.6 Å². The Kier molecular flexibility index (Phi) is 3.39. The highest BCUT2D eigenvalue weighted by Crippen LogP contribution is 1.87. The fraction of sp³-hybridized carbons (Fsp3) is 0.667. The minimum Gasteiger partial charge on any atom is -0.368 e. The maximum Gasteiger partial charge on any atom is 0.266 e. The lowest BCUT2D eigenvalue weighted by atomic mass is 10.3. The molecule has 0 heterocycles. The van der Waals surface area contributed by atoms with E-state index in [1.165, 1.54) is 0 Å². The van der Waals surface area contributed by atoms with Crippen LogP contribution >= 0.6 is 0 Å². The van der Waals surface area contributed by atoms with Crippen LogP contribution in [0.3, 0.4) is 0 Å². The first-order valence-electron chi connectivity index (χ1n) is 2.57. The molecule has 0 bridgehead atoms. The van der Waals surface area contributed by atoms with E-state index in [1.54, 1.807) is 0 Å². The summed E-state index contributed by atoms with van der Waals surface area (Å²) in [6.45, 7) is 0. The zero-order valence-corrected chi connectivity index (χ0v) is 6.34. The molecule has 6 N–H and O–H groups in total. The first-order valence-corrected chi connectivity index (χ1v) is 4.18. The zero-order chi connectivity index (χ0) is 9.07. The molecule has 0 aromatic heterocycles. The molecule has 0 aromatic rings. The van der Waals surface area contributed by atoms with Crippen LogP contribution in [0.2, 0.25) is 0 Å². The number of nitrogens with one attached hydrogen (secondary N) is 1. The third kappa shape index (κ3) is 4.67. The number of nitrogens with two attached hydrogens (primary N) is 2. The second-order valence-corrected chi connectivity index (χ2v) is 3.37. The number of hydrogen-bond donors (Lipinski definition) is 4. The van der Waals surface area contributed by atoms with Crippen LogP contribution in [0.1, 0.15) is 0 Å². The molecule has 66 valence electrons. The lowest BCUT2D eigenvalue weighted by Crippen LogP contribution is -2.49. The van der Waals surface area contributed by atoms with E-state index in [0.717, 1.165) is 0 Å². The van der Waals surface area contributed by atoms with E-state index in [1.807, 2.05) is 5.43 Å². The number of hydrazine groups is 1. The molecule has 1 atom stereocenters. The van der Waals surface area contributed by atoms with E-state index < -0.39 is 27.8 Å². The third-order valence-corrected chi connectivity index (χ3v) is 1.68. The van der Waals surface area contributed by atoms with Gasteiger partial charge in [0.1, 0.15) is 11.8 Å². The Hall–Kier alpha value is -0.700. The van der Waals surface area contributed by atoms with Gasteiger partial charge in [-0.15, -0.1) is 0 Å². The van der Waals surface area contributed by atoms with E-state index in [9.17, 15) is 13.2 Å². The summed E-state index contributed by atoms with van der Waals surface area (Å²) in [6.07, 6.45) is 0. The SMILES string of the molecule is NNC(CS(=O)(=O)O)C(N)=O. The highest BCUT2D eigenvalue weighted by Gasteiger charge is 2.20. The van der Waals surface area contributed by atoms with Gasteiger partial charge >= 0.3 is 0 Å². The van der Waals surface area contributed by atoms with Crippen LogP contribution in [0.15, 0.2) is 0 Å². The smallest absolute Gasteiger partial charge is 0.266 e. The van der Waals surface area contributed by atoms with Gasteiger partial charge in [-0.2, -0.15) is 8.42 Å². The Morgan fingerprint density at radius 2 is 2.09 bits per heavy atom. The molecule has 1 amide bonds. The maximum atomic E-state index is 10.3. The first-order chi connectivity index (χ1) is 4.87. The van der Waals surface area contributed by atoms with Crippen molar-refractivity contribution in [2.45, 2.75) is 6.04 Å². The fourth-order valence-corrected chi connectivity index (χ4v) is 1.10. The van der Waals surface area contributed by atoms with Crippen molar-refractivity contribution in [1.82, 2.24) is 5.43 Å². The molecule has 0 spiro atoms. The van der Waals surface area contributed by atoms with E-state index in [-0.39, 0.29) is 0 Å². The van der Waals surface area contributed by atoms with Gasteiger partial charge in [0.05, 0.1) is 0 Å². The maximum absolute atomic E-state index is 10.3. The molecule has 0 aliphatic rings. The molecule has 1 unspecified atom stereocenters. The number of amides is 1. The van der Waals surface area contributed by atoms with E-state index in [4.69, 9.17) is 16.1 Å². The molecule has 0 fully saturated rings. The van der Waals surface area contributed by atoms with Gasteiger partial charge in [-0.05, 0) is 0 Å². The van der Waals surface area contributed by atoms with E-state index in [2.05, 4.69) is 0 Å². The highest BCUT2D eigenvalue weighted by atomic mass is 32.2. The fourth-order valence-electron chi connectivity index (χ4n) is 0.423. The van der Waals surface area contributed by atoms with Crippen molar-refractivity contribution in [3.63, 3.8) is 0 Å². The molecule has 0 saturated carbocycles. The summed E-state index contributed by atoms with van der Waals surface area (Å²) < 4.78 is 28.6. The summed E-state index contributed by atoms with van der Waals surface area (Å²) >= 11 is 0. The predicted octanol–water partition coefficient (Wildman–Crippen LogP) is -2.81. The van der Waals surface area contributed by atoms with Gasteiger partial charge in [0, 0.05) is 0 Å². The normalized spacial score (nSPS) is 14.4. The van der Waals surface area contributed by atoms with Crippen LogP contribution in [-0.2, 0) is 14.9 Å². The van der Waals surface area contributed by atoms with Gasteiger partial charge < -0.3 is 5.73 Å². The lowest BCUT2D eigenvalue weighted by molar-refractivity contribution is -0.119. The third-order valence-electron chi connectivity index (χ3n) is 0.922. The van der Waals surface area contributed by atoms with Crippen molar-refractivity contribution in [3.8, 4) is 0 Å².